The minimum absolute atomic E-state index is 0.158. The van der Waals surface area contributed by atoms with Gasteiger partial charge in [0, 0.05) is 44.5 Å². The van der Waals surface area contributed by atoms with Crippen LogP contribution in [0, 0.1) is 0 Å². The summed E-state index contributed by atoms with van der Waals surface area (Å²) in [5.41, 5.74) is 0.992. The van der Waals surface area contributed by atoms with Gasteiger partial charge < -0.3 is 19.5 Å². The molecule has 1 aliphatic rings. The van der Waals surface area contributed by atoms with Gasteiger partial charge in [-0.1, -0.05) is 24.3 Å². The molecule has 2 aromatic heterocycles. The predicted molar refractivity (Wildman–Crippen MR) is 120 cm³/mol. The van der Waals surface area contributed by atoms with Crippen molar-refractivity contribution in [2.45, 2.75) is 6.54 Å². The molecule has 1 aromatic carbocycles. The van der Waals surface area contributed by atoms with E-state index in [0.29, 0.717) is 12.3 Å². The second-order valence-electron chi connectivity index (χ2n) is 7.26. The van der Waals surface area contributed by atoms with Crippen LogP contribution in [0.15, 0.2) is 76.5 Å². The molecule has 3 aromatic rings. The van der Waals surface area contributed by atoms with Crippen LogP contribution in [-0.2, 0) is 6.54 Å². The summed E-state index contributed by atoms with van der Waals surface area (Å²) in [7, 11) is 0. The first-order chi connectivity index (χ1) is 15.1. The summed E-state index contributed by atoms with van der Waals surface area (Å²) < 4.78 is 6.95. The number of para-hydroxylation sites is 1. The molecule has 1 amide bonds. The van der Waals surface area contributed by atoms with E-state index in [1.54, 1.807) is 24.3 Å². The number of rotatable bonds is 7. The van der Waals surface area contributed by atoms with Gasteiger partial charge in [-0.05, 0) is 30.3 Å². The summed E-state index contributed by atoms with van der Waals surface area (Å²) in [5.74, 6) is 1.11. The van der Waals surface area contributed by atoms with Gasteiger partial charge in [-0.2, -0.15) is 5.10 Å². The fraction of sp³-hybridized carbons (Fsp3) is 0.261. The highest BCUT2D eigenvalue weighted by Gasteiger charge is 2.19. The fourth-order valence-corrected chi connectivity index (χ4v) is 3.54. The van der Waals surface area contributed by atoms with Gasteiger partial charge in [0.25, 0.3) is 11.5 Å². The van der Waals surface area contributed by atoms with E-state index >= 15 is 0 Å². The number of benzene rings is 1. The second kappa shape index (κ2) is 9.34. The van der Waals surface area contributed by atoms with Crippen molar-refractivity contribution in [3.63, 3.8) is 0 Å². The zero-order chi connectivity index (χ0) is 21.6. The Balaban J connectivity index is 1.42. The van der Waals surface area contributed by atoms with Crippen LogP contribution in [0.3, 0.4) is 0 Å². The Hall–Kier alpha value is -3.81. The number of piperazine rings is 1. The Kier molecular flexibility index (Phi) is 6.16. The van der Waals surface area contributed by atoms with Crippen molar-refractivity contribution in [1.82, 2.24) is 15.1 Å². The number of hydrogen-bond donors (Lipinski definition) is 1. The van der Waals surface area contributed by atoms with Crippen LogP contribution in [0.1, 0.15) is 16.3 Å². The van der Waals surface area contributed by atoms with Crippen LogP contribution in [0.5, 0.6) is 0 Å². The zero-order valence-corrected chi connectivity index (χ0v) is 17.2. The maximum Gasteiger partial charge on any atom is 0.287 e. The second-order valence-corrected chi connectivity index (χ2v) is 7.26. The normalized spacial score (nSPS) is 13.8. The third-order valence-corrected chi connectivity index (χ3v) is 5.18. The number of carbonyl (C=O) groups is 1. The molecule has 0 unspecified atom stereocenters. The number of amides is 1. The monoisotopic (exact) mass is 419 g/mol. The van der Waals surface area contributed by atoms with Crippen LogP contribution < -0.4 is 20.7 Å². The first-order valence-electron chi connectivity index (χ1n) is 10.2. The van der Waals surface area contributed by atoms with E-state index in [-0.39, 0.29) is 23.8 Å². The Morgan fingerprint density at radius 1 is 1.03 bits per heavy atom. The average Bonchev–Trinajstić information content (AvgIpc) is 3.28. The number of nitrogens with one attached hydrogen (secondary N) is 1. The zero-order valence-electron chi connectivity index (χ0n) is 17.2. The lowest BCUT2D eigenvalue weighted by Gasteiger charge is -2.36. The highest BCUT2D eigenvalue weighted by atomic mass is 16.4. The smallest absolute Gasteiger partial charge is 0.287 e. The van der Waals surface area contributed by atoms with Crippen LogP contribution in [0.2, 0.25) is 0 Å². The van der Waals surface area contributed by atoms with Gasteiger partial charge in [-0.15, -0.1) is 6.58 Å². The Bertz CT molecular complexity index is 1100. The summed E-state index contributed by atoms with van der Waals surface area (Å²) in [6.45, 7) is 7.47. The van der Waals surface area contributed by atoms with Crippen molar-refractivity contribution in [2.24, 2.45) is 0 Å². The molecule has 8 nitrogen and oxygen atoms in total. The minimum atomic E-state index is -0.323. The highest BCUT2D eigenvalue weighted by Crippen LogP contribution is 2.18. The van der Waals surface area contributed by atoms with Gasteiger partial charge in [-0.3, -0.25) is 9.59 Å². The quantitative estimate of drug-likeness (QED) is 0.591. The van der Waals surface area contributed by atoms with E-state index < -0.39 is 0 Å². The van der Waals surface area contributed by atoms with Gasteiger partial charge in [0.2, 0.25) is 0 Å². The third kappa shape index (κ3) is 4.85. The van der Waals surface area contributed by atoms with Gasteiger partial charge in [0.1, 0.15) is 18.1 Å². The molecule has 1 fully saturated rings. The van der Waals surface area contributed by atoms with Crippen LogP contribution in [-0.4, -0.2) is 48.4 Å². The molecular weight excluding hydrogens is 394 g/mol. The average molecular weight is 419 g/mol. The van der Waals surface area contributed by atoms with Crippen molar-refractivity contribution in [3.8, 4) is 0 Å². The molecule has 0 saturated carbocycles. The van der Waals surface area contributed by atoms with Crippen molar-refractivity contribution < 1.29 is 9.21 Å². The number of aromatic nitrogens is 2. The number of anilines is 2. The molecule has 0 aliphatic carbocycles. The summed E-state index contributed by atoms with van der Waals surface area (Å²) in [6, 6.07) is 16.9. The van der Waals surface area contributed by atoms with Crippen molar-refractivity contribution in [3.05, 3.63) is 89.1 Å². The van der Waals surface area contributed by atoms with Crippen molar-refractivity contribution in [2.75, 3.05) is 42.5 Å². The first kappa shape index (κ1) is 20.5. The van der Waals surface area contributed by atoms with E-state index in [1.807, 2.05) is 18.2 Å². The van der Waals surface area contributed by atoms with Crippen LogP contribution in [0.25, 0.3) is 0 Å². The lowest BCUT2D eigenvalue weighted by atomic mass is 10.2. The topological polar surface area (TPSA) is 83.6 Å². The van der Waals surface area contributed by atoms with E-state index in [4.69, 9.17) is 4.42 Å². The molecule has 4 rings (SSSR count). The largest absolute Gasteiger partial charge is 0.454 e. The number of carbonyl (C=O) groups excluding carboxylic acids is 1. The summed E-state index contributed by atoms with van der Waals surface area (Å²) in [5, 5.41) is 7.19. The first-order valence-corrected chi connectivity index (χ1v) is 10.2. The maximum atomic E-state index is 12.3. The molecule has 1 N–H and O–H groups in total. The van der Waals surface area contributed by atoms with Gasteiger partial charge in [0.05, 0.1) is 0 Å². The molecule has 0 bridgehead atoms. The van der Waals surface area contributed by atoms with E-state index in [1.165, 1.54) is 16.4 Å². The van der Waals surface area contributed by atoms with E-state index in [2.05, 4.69) is 38.9 Å². The molecule has 31 heavy (non-hydrogen) atoms. The Morgan fingerprint density at radius 3 is 2.52 bits per heavy atom. The summed E-state index contributed by atoms with van der Waals surface area (Å²) in [6.07, 6.45) is 1.59. The van der Waals surface area contributed by atoms with Crippen LogP contribution >= 0.6 is 0 Å². The van der Waals surface area contributed by atoms with Gasteiger partial charge in [-0.25, -0.2) is 4.68 Å². The molecule has 1 aliphatic heterocycles. The minimum Gasteiger partial charge on any atom is -0.454 e. The highest BCUT2D eigenvalue weighted by molar-refractivity contribution is 5.91. The standard InChI is InChI=1S/C23H25N5O3/c1-2-12-24-23(30)20-9-8-19(31-20)17-28-22(29)11-10-21(25-28)27-15-13-26(14-16-27)18-6-4-3-5-7-18/h2-11H,1,12-17H2,(H,24,30). The van der Waals surface area contributed by atoms with E-state index in [9.17, 15) is 9.59 Å². The SMILES string of the molecule is C=CCNC(=O)c1ccc(Cn2nc(N3CCN(c4ccccc4)CC3)ccc2=O)o1. The van der Waals surface area contributed by atoms with Crippen LogP contribution in [0.4, 0.5) is 11.5 Å². The Labute approximate surface area is 180 Å². The molecule has 0 atom stereocenters. The van der Waals surface area contributed by atoms with Gasteiger partial charge >= 0.3 is 0 Å². The van der Waals surface area contributed by atoms with Crippen molar-refractivity contribution >= 4 is 17.4 Å². The lowest BCUT2D eigenvalue weighted by Crippen LogP contribution is -2.47. The summed E-state index contributed by atoms with van der Waals surface area (Å²) >= 11 is 0. The molecular formula is C23H25N5O3. The Morgan fingerprint density at radius 2 is 1.77 bits per heavy atom. The molecule has 1 saturated heterocycles. The maximum absolute atomic E-state index is 12.3. The number of hydrogen-bond acceptors (Lipinski definition) is 6. The molecule has 0 spiro atoms. The fourth-order valence-electron chi connectivity index (χ4n) is 3.54. The summed E-state index contributed by atoms with van der Waals surface area (Å²) in [4.78, 5) is 28.8. The molecule has 3 heterocycles. The van der Waals surface area contributed by atoms with Gasteiger partial charge in [0.15, 0.2) is 5.76 Å². The molecule has 8 heteroatoms. The lowest BCUT2D eigenvalue weighted by molar-refractivity contribution is 0.0928. The third-order valence-electron chi connectivity index (χ3n) is 5.18. The number of furan rings is 1. The number of nitrogens with zero attached hydrogens (tertiary/aromatic N) is 4. The molecule has 0 radical (unpaired) electrons. The van der Waals surface area contributed by atoms with Crippen molar-refractivity contribution in [1.29, 1.82) is 0 Å². The molecule has 160 valence electrons. The van der Waals surface area contributed by atoms with E-state index in [0.717, 1.165) is 32.0 Å². The predicted octanol–water partition coefficient (Wildman–Crippen LogP) is 2.13.